The summed E-state index contributed by atoms with van der Waals surface area (Å²) in [6.45, 7) is 2.36. The van der Waals surface area contributed by atoms with E-state index in [0.717, 1.165) is 18.2 Å². The average Bonchev–Trinajstić information content (AvgIpc) is 2.29. The molecule has 0 fully saturated rings. The molecule has 2 unspecified atom stereocenters. The van der Waals surface area contributed by atoms with Gasteiger partial charge in [0.05, 0.1) is 25.4 Å². The van der Waals surface area contributed by atoms with Crippen LogP contribution in [0, 0.1) is 11.6 Å². The molecule has 2 atom stereocenters. The van der Waals surface area contributed by atoms with Gasteiger partial charge in [0.25, 0.3) is 0 Å². The van der Waals surface area contributed by atoms with Crippen LogP contribution in [0.25, 0.3) is 0 Å². The quantitative estimate of drug-likeness (QED) is 0.833. The van der Waals surface area contributed by atoms with Gasteiger partial charge in [-0.2, -0.15) is 0 Å². The van der Waals surface area contributed by atoms with Gasteiger partial charge in [0.15, 0.2) is 0 Å². The van der Waals surface area contributed by atoms with Crippen LogP contribution in [0.5, 0.6) is 0 Å². The molecule has 0 radical (unpaired) electrons. The van der Waals surface area contributed by atoms with Crippen molar-refractivity contribution in [3.05, 3.63) is 35.4 Å². The Balaban J connectivity index is 2.57. The van der Waals surface area contributed by atoms with Gasteiger partial charge in [0.2, 0.25) is 0 Å². The van der Waals surface area contributed by atoms with E-state index in [2.05, 4.69) is 0 Å². The molecule has 0 amide bonds. The highest BCUT2D eigenvalue weighted by atomic mass is 19.1. The first-order valence-electron chi connectivity index (χ1n) is 5.35. The molecule has 17 heavy (non-hydrogen) atoms. The number of methoxy groups -OCH3 is 1. The van der Waals surface area contributed by atoms with E-state index in [4.69, 9.17) is 15.2 Å². The van der Waals surface area contributed by atoms with Gasteiger partial charge in [-0.1, -0.05) is 0 Å². The Morgan fingerprint density at radius 1 is 1.29 bits per heavy atom. The van der Waals surface area contributed by atoms with Gasteiger partial charge >= 0.3 is 0 Å². The van der Waals surface area contributed by atoms with E-state index in [9.17, 15) is 8.78 Å². The number of nitrogens with two attached hydrogens (primary N) is 1. The van der Waals surface area contributed by atoms with Gasteiger partial charge in [0, 0.05) is 12.7 Å². The topological polar surface area (TPSA) is 44.5 Å². The molecular formula is C12H17F2NO2. The van der Waals surface area contributed by atoms with Crippen molar-refractivity contribution in [1.82, 2.24) is 0 Å². The standard InChI is InChI=1S/C12H17F2NO2/c1-8(6-16-2)17-7-12(15)10-5-9(13)3-4-11(10)14/h3-5,8,12H,6-7,15H2,1-2H3. The molecule has 1 rings (SSSR count). The van der Waals surface area contributed by atoms with Gasteiger partial charge in [-0.25, -0.2) is 8.78 Å². The zero-order valence-corrected chi connectivity index (χ0v) is 9.95. The predicted octanol–water partition coefficient (Wildman–Crippen LogP) is 2.02. The fourth-order valence-corrected chi connectivity index (χ4v) is 1.44. The number of halogens is 2. The maximum absolute atomic E-state index is 13.4. The third-order valence-corrected chi connectivity index (χ3v) is 2.32. The molecule has 0 aliphatic heterocycles. The Morgan fingerprint density at radius 3 is 2.65 bits per heavy atom. The highest BCUT2D eigenvalue weighted by Gasteiger charge is 2.14. The second kappa shape index (κ2) is 6.64. The third kappa shape index (κ3) is 4.38. The van der Waals surface area contributed by atoms with Crippen molar-refractivity contribution in [3.63, 3.8) is 0 Å². The first-order valence-corrected chi connectivity index (χ1v) is 5.35. The SMILES string of the molecule is COCC(C)OCC(N)c1cc(F)ccc1F. The molecule has 0 aliphatic carbocycles. The minimum Gasteiger partial charge on any atom is -0.382 e. The van der Waals surface area contributed by atoms with E-state index >= 15 is 0 Å². The van der Waals surface area contributed by atoms with Crippen molar-refractivity contribution < 1.29 is 18.3 Å². The Bertz CT molecular complexity index is 360. The van der Waals surface area contributed by atoms with Gasteiger partial charge < -0.3 is 15.2 Å². The molecule has 1 aromatic carbocycles. The summed E-state index contributed by atoms with van der Waals surface area (Å²) < 4.78 is 36.5. The lowest BCUT2D eigenvalue weighted by Gasteiger charge is -2.17. The fourth-order valence-electron chi connectivity index (χ4n) is 1.44. The average molecular weight is 245 g/mol. The van der Waals surface area contributed by atoms with E-state index in [1.54, 1.807) is 7.11 Å². The lowest BCUT2D eigenvalue weighted by molar-refractivity contribution is 0.00297. The van der Waals surface area contributed by atoms with E-state index < -0.39 is 17.7 Å². The predicted molar refractivity (Wildman–Crippen MR) is 60.6 cm³/mol. The van der Waals surface area contributed by atoms with Crippen LogP contribution in [-0.2, 0) is 9.47 Å². The molecule has 0 spiro atoms. The van der Waals surface area contributed by atoms with Crippen molar-refractivity contribution in [2.24, 2.45) is 5.73 Å². The number of rotatable bonds is 6. The summed E-state index contributed by atoms with van der Waals surface area (Å²) in [5.41, 5.74) is 5.86. The summed E-state index contributed by atoms with van der Waals surface area (Å²) in [4.78, 5) is 0. The maximum atomic E-state index is 13.4. The van der Waals surface area contributed by atoms with Crippen LogP contribution >= 0.6 is 0 Å². The Hall–Kier alpha value is -1.04. The molecule has 0 aliphatic rings. The lowest BCUT2D eigenvalue weighted by atomic mass is 10.1. The monoisotopic (exact) mass is 245 g/mol. The first-order chi connectivity index (χ1) is 8.04. The lowest BCUT2D eigenvalue weighted by Crippen LogP contribution is -2.24. The molecule has 96 valence electrons. The van der Waals surface area contributed by atoms with Crippen molar-refractivity contribution >= 4 is 0 Å². The normalized spacial score (nSPS) is 14.6. The van der Waals surface area contributed by atoms with Crippen LogP contribution in [0.4, 0.5) is 8.78 Å². The second-order valence-corrected chi connectivity index (χ2v) is 3.87. The maximum Gasteiger partial charge on any atom is 0.128 e. The number of hydrogen-bond acceptors (Lipinski definition) is 3. The largest absolute Gasteiger partial charge is 0.382 e. The van der Waals surface area contributed by atoms with Crippen LogP contribution in [0.2, 0.25) is 0 Å². The Labute approximate surface area is 99.5 Å². The minimum absolute atomic E-state index is 0.116. The molecule has 0 saturated carbocycles. The van der Waals surface area contributed by atoms with Gasteiger partial charge in [-0.3, -0.25) is 0 Å². The summed E-state index contributed by atoms with van der Waals surface area (Å²) in [6, 6.07) is 2.51. The van der Waals surface area contributed by atoms with Gasteiger partial charge in [-0.05, 0) is 25.1 Å². The summed E-state index contributed by atoms with van der Waals surface area (Å²) in [7, 11) is 1.56. The summed E-state index contributed by atoms with van der Waals surface area (Å²) >= 11 is 0. The summed E-state index contributed by atoms with van der Waals surface area (Å²) in [6.07, 6.45) is -0.136. The Kier molecular flexibility index (Phi) is 5.47. The van der Waals surface area contributed by atoms with Crippen LogP contribution < -0.4 is 5.73 Å². The van der Waals surface area contributed by atoms with Crippen LogP contribution in [0.3, 0.4) is 0 Å². The third-order valence-electron chi connectivity index (χ3n) is 2.32. The number of ether oxygens (including phenoxy) is 2. The molecule has 0 aromatic heterocycles. The molecular weight excluding hydrogens is 228 g/mol. The van der Waals surface area contributed by atoms with Crippen LogP contribution in [0.15, 0.2) is 18.2 Å². The zero-order chi connectivity index (χ0) is 12.8. The minimum atomic E-state index is -0.690. The smallest absolute Gasteiger partial charge is 0.128 e. The first kappa shape index (κ1) is 14.0. The van der Waals surface area contributed by atoms with Gasteiger partial charge in [-0.15, -0.1) is 0 Å². The number of hydrogen-bond donors (Lipinski definition) is 1. The number of benzene rings is 1. The van der Waals surface area contributed by atoms with E-state index in [-0.39, 0.29) is 18.3 Å². The van der Waals surface area contributed by atoms with Crippen LogP contribution in [0.1, 0.15) is 18.5 Å². The van der Waals surface area contributed by atoms with Crippen LogP contribution in [-0.4, -0.2) is 26.4 Å². The molecule has 1 aromatic rings. The van der Waals surface area contributed by atoms with E-state index in [1.165, 1.54) is 0 Å². The highest BCUT2D eigenvalue weighted by Crippen LogP contribution is 2.17. The van der Waals surface area contributed by atoms with E-state index in [1.807, 2.05) is 6.92 Å². The summed E-state index contributed by atoms with van der Waals surface area (Å²) in [5.74, 6) is -1.04. The fraction of sp³-hybridized carbons (Fsp3) is 0.500. The van der Waals surface area contributed by atoms with Crippen molar-refractivity contribution in [3.8, 4) is 0 Å². The molecule has 5 heteroatoms. The van der Waals surface area contributed by atoms with E-state index in [0.29, 0.717) is 6.61 Å². The van der Waals surface area contributed by atoms with Crippen molar-refractivity contribution in [1.29, 1.82) is 0 Å². The molecule has 0 saturated heterocycles. The molecule has 2 N–H and O–H groups in total. The molecule has 0 bridgehead atoms. The molecule has 3 nitrogen and oxygen atoms in total. The zero-order valence-electron chi connectivity index (χ0n) is 9.95. The molecule has 0 heterocycles. The van der Waals surface area contributed by atoms with Crippen molar-refractivity contribution in [2.75, 3.05) is 20.3 Å². The summed E-state index contributed by atoms with van der Waals surface area (Å²) in [5, 5.41) is 0. The van der Waals surface area contributed by atoms with Crippen molar-refractivity contribution in [2.45, 2.75) is 19.1 Å². The second-order valence-electron chi connectivity index (χ2n) is 3.87. The highest BCUT2D eigenvalue weighted by molar-refractivity contribution is 5.22. The Morgan fingerprint density at radius 2 is 2.00 bits per heavy atom. The van der Waals surface area contributed by atoms with Gasteiger partial charge in [0.1, 0.15) is 11.6 Å².